The summed E-state index contributed by atoms with van der Waals surface area (Å²) < 4.78 is 6.59. The third-order valence-corrected chi connectivity index (χ3v) is 2.58. The van der Waals surface area contributed by atoms with Crippen molar-refractivity contribution in [3.05, 3.63) is 28.2 Å². The van der Waals surface area contributed by atoms with Crippen molar-refractivity contribution in [2.45, 2.75) is 32.8 Å². The number of rotatable bonds is 4. The van der Waals surface area contributed by atoms with Crippen LogP contribution in [0.1, 0.15) is 32.3 Å². The zero-order valence-corrected chi connectivity index (χ0v) is 10.5. The van der Waals surface area contributed by atoms with Gasteiger partial charge in [0, 0.05) is 4.47 Å². The molecular weight excluding hydrogens is 254 g/mol. The van der Waals surface area contributed by atoms with E-state index in [1.165, 1.54) is 0 Å². The van der Waals surface area contributed by atoms with Crippen LogP contribution in [-0.4, -0.2) is 6.10 Å². The Bertz CT molecular complexity index is 370. The highest BCUT2D eigenvalue weighted by molar-refractivity contribution is 9.10. The molecule has 1 aromatic carbocycles. The molecule has 0 radical (unpaired) electrons. The monoisotopic (exact) mass is 267 g/mol. The molecule has 0 aliphatic rings. The lowest BCUT2D eigenvalue weighted by atomic mass is 10.2. The van der Waals surface area contributed by atoms with Crippen LogP contribution < -0.4 is 4.74 Å². The number of benzene rings is 1. The summed E-state index contributed by atoms with van der Waals surface area (Å²) >= 11 is 3.33. The van der Waals surface area contributed by atoms with Crippen molar-refractivity contribution in [1.29, 1.82) is 5.26 Å². The molecule has 0 aliphatic carbocycles. The van der Waals surface area contributed by atoms with Crippen LogP contribution in [0.2, 0.25) is 0 Å². The minimum absolute atomic E-state index is 0.156. The second-order valence-electron chi connectivity index (χ2n) is 3.47. The fraction of sp³-hybridized carbons (Fsp3) is 0.417. The number of hydrogen-bond donors (Lipinski definition) is 0. The van der Waals surface area contributed by atoms with Crippen LogP contribution in [-0.2, 0) is 0 Å². The molecule has 1 rings (SSSR count). The maximum atomic E-state index is 8.93. The Morgan fingerprint density at radius 2 is 2.27 bits per heavy atom. The molecule has 2 nitrogen and oxygen atoms in total. The molecule has 0 heterocycles. The topological polar surface area (TPSA) is 33.0 Å². The van der Waals surface area contributed by atoms with E-state index in [9.17, 15) is 0 Å². The molecule has 0 saturated heterocycles. The van der Waals surface area contributed by atoms with Gasteiger partial charge in [0.2, 0.25) is 0 Å². The predicted molar refractivity (Wildman–Crippen MR) is 63.9 cm³/mol. The first-order chi connectivity index (χ1) is 7.17. The number of hydrogen-bond acceptors (Lipinski definition) is 2. The molecule has 80 valence electrons. The van der Waals surface area contributed by atoms with Gasteiger partial charge in [-0.15, -0.1) is 0 Å². The smallest absolute Gasteiger partial charge is 0.137 e. The third kappa shape index (κ3) is 3.56. The van der Waals surface area contributed by atoms with Gasteiger partial charge in [-0.2, -0.15) is 5.26 Å². The van der Waals surface area contributed by atoms with Crippen molar-refractivity contribution in [1.82, 2.24) is 0 Å². The molecule has 0 aliphatic heterocycles. The van der Waals surface area contributed by atoms with Crippen molar-refractivity contribution < 1.29 is 4.74 Å². The van der Waals surface area contributed by atoms with E-state index < -0.39 is 0 Å². The lowest BCUT2D eigenvalue weighted by Crippen LogP contribution is -2.11. The van der Waals surface area contributed by atoms with E-state index in [0.717, 1.165) is 17.3 Å². The van der Waals surface area contributed by atoms with Crippen LogP contribution in [0.5, 0.6) is 5.75 Å². The van der Waals surface area contributed by atoms with Gasteiger partial charge in [0.05, 0.1) is 11.7 Å². The van der Waals surface area contributed by atoms with Gasteiger partial charge in [0.25, 0.3) is 0 Å². The highest BCUT2D eigenvalue weighted by Crippen LogP contribution is 2.23. The Morgan fingerprint density at radius 1 is 1.53 bits per heavy atom. The minimum atomic E-state index is 0.156. The molecule has 0 bridgehead atoms. The van der Waals surface area contributed by atoms with E-state index in [4.69, 9.17) is 10.00 Å². The van der Waals surface area contributed by atoms with Crippen LogP contribution in [0.3, 0.4) is 0 Å². The highest BCUT2D eigenvalue weighted by atomic mass is 79.9. The Hall–Kier alpha value is -1.01. The summed E-state index contributed by atoms with van der Waals surface area (Å²) in [5, 5.41) is 8.93. The molecule has 15 heavy (non-hydrogen) atoms. The standard InChI is InChI=1S/C12H14BrNO/c1-3-4-9(2)15-12-6-5-11(13)7-10(12)8-14/h5-7,9H,3-4H2,1-2H3. The van der Waals surface area contributed by atoms with E-state index in [1.54, 1.807) is 6.07 Å². The number of nitriles is 1. The van der Waals surface area contributed by atoms with Gasteiger partial charge >= 0.3 is 0 Å². The first-order valence-corrected chi connectivity index (χ1v) is 5.83. The summed E-state index contributed by atoms with van der Waals surface area (Å²) in [6, 6.07) is 7.61. The summed E-state index contributed by atoms with van der Waals surface area (Å²) in [5.41, 5.74) is 0.576. The van der Waals surface area contributed by atoms with Crippen LogP contribution in [0.4, 0.5) is 0 Å². The summed E-state index contributed by atoms with van der Waals surface area (Å²) in [6.45, 7) is 4.14. The largest absolute Gasteiger partial charge is 0.489 e. The molecule has 1 atom stereocenters. The fourth-order valence-electron chi connectivity index (χ4n) is 1.37. The number of nitrogens with zero attached hydrogens (tertiary/aromatic N) is 1. The van der Waals surface area contributed by atoms with Crippen LogP contribution in [0.15, 0.2) is 22.7 Å². The minimum Gasteiger partial charge on any atom is -0.489 e. The predicted octanol–water partition coefficient (Wildman–Crippen LogP) is 3.89. The molecule has 0 saturated carbocycles. The second-order valence-corrected chi connectivity index (χ2v) is 4.39. The van der Waals surface area contributed by atoms with Gasteiger partial charge in [-0.3, -0.25) is 0 Å². The van der Waals surface area contributed by atoms with Crippen molar-refractivity contribution in [2.75, 3.05) is 0 Å². The molecule has 0 amide bonds. The third-order valence-electron chi connectivity index (χ3n) is 2.09. The second kappa shape index (κ2) is 5.77. The van der Waals surface area contributed by atoms with Gasteiger partial charge in [0.15, 0.2) is 0 Å². The molecular formula is C12H14BrNO. The molecule has 0 aromatic heterocycles. The quantitative estimate of drug-likeness (QED) is 0.829. The van der Waals surface area contributed by atoms with Crippen LogP contribution in [0.25, 0.3) is 0 Å². The fourth-order valence-corrected chi connectivity index (χ4v) is 1.74. The average Bonchev–Trinajstić information content (AvgIpc) is 2.21. The highest BCUT2D eigenvalue weighted by Gasteiger charge is 2.07. The Morgan fingerprint density at radius 3 is 2.87 bits per heavy atom. The Labute approximate surface area is 99.0 Å². The Kier molecular flexibility index (Phi) is 4.64. The van der Waals surface area contributed by atoms with Gasteiger partial charge in [0.1, 0.15) is 11.8 Å². The first-order valence-electron chi connectivity index (χ1n) is 5.03. The van der Waals surface area contributed by atoms with Crippen LogP contribution >= 0.6 is 15.9 Å². The van der Waals surface area contributed by atoms with Gasteiger partial charge in [-0.05, 0) is 31.5 Å². The van der Waals surface area contributed by atoms with Gasteiger partial charge in [-0.1, -0.05) is 29.3 Å². The lowest BCUT2D eigenvalue weighted by molar-refractivity contribution is 0.209. The van der Waals surface area contributed by atoms with Crippen molar-refractivity contribution in [3.8, 4) is 11.8 Å². The van der Waals surface area contributed by atoms with Gasteiger partial charge in [-0.25, -0.2) is 0 Å². The lowest BCUT2D eigenvalue weighted by Gasteiger charge is -2.14. The van der Waals surface area contributed by atoms with Crippen LogP contribution in [0, 0.1) is 11.3 Å². The summed E-state index contributed by atoms with van der Waals surface area (Å²) in [6.07, 6.45) is 2.24. The van der Waals surface area contributed by atoms with Gasteiger partial charge < -0.3 is 4.74 Å². The van der Waals surface area contributed by atoms with E-state index in [-0.39, 0.29) is 6.10 Å². The average molecular weight is 268 g/mol. The van der Waals surface area contributed by atoms with E-state index in [0.29, 0.717) is 11.3 Å². The molecule has 1 unspecified atom stereocenters. The maximum Gasteiger partial charge on any atom is 0.137 e. The number of ether oxygens (including phenoxy) is 1. The van der Waals surface area contributed by atoms with E-state index >= 15 is 0 Å². The Balaban J connectivity index is 2.81. The van der Waals surface area contributed by atoms with Crippen molar-refractivity contribution in [2.24, 2.45) is 0 Å². The molecule has 3 heteroatoms. The zero-order valence-electron chi connectivity index (χ0n) is 8.96. The molecule has 0 N–H and O–H groups in total. The molecule has 1 aromatic rings. The molecule has 0 fully saturated rings. The van der Waals surface area contributed by atoms with E-state index in [2.05, 4.69) is 28.9 Å². The first kappa shape index (κ1) is 12.1. The summed E-state index contributed by atoms with van der Waals surface area (Å²) in [7, 11) is 0. The van der Waals surface area contributed by atoms with E-state index in [1.807, 2.05) is 19.1 Å². The normalized spacial score (nSPS) is 11.9. The zero-order chi connectivity index (χ0) is 11.3. The van der Waals surface area contributed by atoms with Crippen molar-refractivity contribution >= 4 is 15.9 Å². The maximum absolute atomic E-state index is 8.93. The summed E-state index contributed by atoms with van der Waals surface area (Å²) in [5.74, 6) is 0.668. The number of halogens is 1. The van der Waals surface area contributed by atoms with Crippen molar-refractivity contribution in [3.63, 3.8) is 0 Å². The molecule has 0 spiro atoms. The summed E-state index contributed by atoms with van der Waals surface area (Å²) in [4.78, 5) is 0. The SMILES string of the molecule is CCCC(C)Oc1ccc(Br)cc1C#N.